The van der Waals surface area contributed by atoms with Gasteiger partial charge in [-0.1, -0.05) is 30.3 Å². The van der Waals surface area contributed by atoms with Gasteiger partial charge in [-0.15, -0.1) is 0 Å². The highest BCUT2D eigenvalue weighted by atomic mass is 15.3. The molecule has 0 radical (unpaired) electrons. The van der Waals surface area contributed by atoms with Crippen molar-refractivity contribution >= 4 is 0 Å². The maximum absolute atomic E-state index is 3.42. The standard InChI is InChI=1S/C11H16N2/c1-10-7-13(9-12-10)8-11-5-3-2-4-6-11/h2-6,10,12H,7-9H2,1H3. The van der Waals surface area contributed by atoms with Crippen molar-refractivity contribution < 1.29 is 0 Å². The van der Waals surface area contributed by atoms with Crippen molar-refractivity contribution in [3.8, 4) is 0 Å². The first-order valence-corrected chi connectivity index (χ1v) is 4.84. The summed E-state index contributed by atoms with van der Waals surface area (Å²) in [6, 6.07) is 11.3. The molecule has 2 rings (SSSR count). The van der Waals surface area contributed by atoms with Gasteiger partial charge in [-0.05, 0) is 12.5 Å². The van der Waals surface area contributed by atoms with Crippen LogP contribution in [0.2, 0.25) is 0 Å². The largest absolute Gasteiger partial charge is 0.300 e. The molecule has 1 fully saturated rings. The zero-order valence-electron chi connectivity index (χ0n) is 8.03. The molecule has 1 heterocycles. The smallest absolute Gasteiger partial charge is 0.0486 e. The summed E-state index contributed by atoms with van der Waals surface area (Å²) in [5.41, 5.74) is 1.40. The van der Waals surface area contributed by atoms with Crippen molar-refractivity contribution in [2.24, 2.45) is 0 Å². The minimum absolute atomic E-state index is 0.642. The molecule has 1 aromatic rings. The van der Waals surface area contributed by atoms with Crippen molar-refractivity contribution in [3.05, 3.63) is 35.9 Å². The molecular formula is C11H16N2. The van der Waals surface area contributed by atoms with Crippen LogP contribution in [0.1, 0.15) is 12.5 Å². The van der Waals surface area contributed by atoms with E-state index in [1.807, 2.05) is 0 Å². The maximum atomic E-state index is 3.42. The van der Waals surface area contributed by atoms with Gasteiger partial charge >= 0.3 is 0 Å². The van der Waals surface area contributed by atoms with Crippen LogP contribution in [-0.2, 0) is 6.54 Å². The van der Waals surface area contributed by atoms with E-state index in [9.17, 15) is 0 Å². The molecule has 1 N–H and O–H groups in total. The van der Waals surface area contributed by atoms with E-state index in [-0.39, 0.29) is 0 Å². The van der Waals surface area contributed by atoms with Crippen molar-refractivity contribution in [1.82, 2.24) is 10.2 Å². The minimum Gasteiger partial charge on any atom is -0.300 e. The monoisotopic (exact) mass is 176 g/mol. The van der Waals surface area contributed by atoms with Gasteiger partial charge in [-0.2, -0.15) is 0 Å². The lowest BCUT2D eigenvalue weighted by Crippen LogP contribution is -2.21. The van der Waals surface area contributed by atoms with Crippen molar-refractivity contribution in [1.29, 1.82) is 0 Å². The van der Waals surface area contributed by atoms with E-state index in [0.717, 1.165) is 19.8 Å². The number of hydrogen-bond acceptors (Lipinski definition) is 2. The van der Waals surface area contributed by atoms with Crippen molar-refractivity contribution in [2.75, 3.05) is 13.2 Å². The number of nitrogens with one attached hydrogen (secondary N) is 1. The Kier molecular flexibility index (Phi) is 2.62. The predicted molar refractivity (Wildman–Crippen MR) is 54.3 cm³/mol. The fourth-order valence-electron chi connectivity index (χ4n) is 1.76. The summed E-state index contributed by atoms with van der Waals surface area (Å²) in [6.45, 7) is 5.48. The molecule has 1 aliphatic heterocycles. The molecule has 1 unspecified atom stereocenters. The van der Waals surface area contributed by atoms with Gasteiger partial charge in [0.05, 0.1) is 0 Å². The SMILES string of the molecule is CC1CN(Cc2ccccc2)CN1. The van der Waals surface area contributed by atoms with Gasteiger partial charge in [0, 0.05) is 25.8 Å². The third kappa shape index (κ3) is 2.29. The molecule has 0 amide bonds. The summed E-state index contributed by atoms with van der Waals surface area (Å²) in [4.78, 5) is 2.43. The quantitative estimate of drug-likeness (QED) is 0.733. The highest BCUT2D eigenvalue weighted by Gasteiger charge is 2.16. The predicted octanol–water partition coefficient (Wildman–Crippen LogP) is 1.44. The molecule has 1 saturated heterocycles. The van der Waals surface area contributed by atoms with E-state index in [2.05, 4.69) is 47.5 Å². The summed E-state index contributed by atoms with van der Waals surface area (Å²) in [5.74, 6) is 0. The lowest BCUT2D eigenvalue weighted by Gasteiger charge is -2.13. The Balaban J connectivity index is 1.92. The number of rotatable bonds is 2. The fourth-order valence-corrected chi connectivity index (χ4v) is 1.76. The molecule has 0 aliphatic carbocycles. The second-order valence-corrected chi connectivity index (χ2v) is 3.76. The van der Waals surface area contributed by atoms with Gasteiger partial charge in [0.1, 0.15) is 0 Å². The Labute approximate surface area is 79.6 Å². The van der Waals surface area contributed by atoms with Crippen LogP contribution in [-0.4, -0.2) is 24.2 Å². The van der Waals surface area contributed by atoms with Crippen LogP contribution in [0.4, 0.5) is 0 Å². The van der Waals surface area contributed by atoms with E-state index in [0.29, 0.717) is 6.04 Å². The van der Waals surface area contributed by atoms with Crippen LogP contribution in [0, 0.1) is 0 Å². The number of benzene rings is 1. The molecule has 13 heavy (non-hydrogen) atoms. The first-order chi connectivity index (χ1) is 6.34. The average molecular weight is 176 g/mol. The normalized spacial score (nSPS) is 23.6. The number of hydrogen-bond donors (Lipinski definition) is 1. The molecule has 0 bridgehead atoms. The van der Waals surface area contributed by atoms with Crippen molar-refractivity contribution in [3.63, 3.8) is 0 Å². The van der Waals surface area contributed by atoms with Gasteiger partial charge in [-0.25, -0.2) is 0 Å². The Morgan fingerprint density at radius 1 is 1.38 bits per heavy atom. The lowest BCUT2D eigenvalue weighted by atomic mass is 10.2. The Morgan fingerprint density at radius 3 is 2.77 bits per heavy atom. The fraction of sp³-hybridized carbons (Fsp3) is 0.455. The van der Waals surface area contributed by atoms with E-state index >= 15 is 0 Å². The summed E-state index contributed by atoms with van der Waals surface area (Å²) in [7, 11) is 0. The highest BCUT2D eigenvalue weighted by Crippen LogP contribution is 2.07. The molecular weight excluding hydrogens is 160 g/mol. The lowest BCUT2D eigenvalue weighted by molar-refractivity contribution is 0.324. The second kappa shape index (κ2) is 3.90. The van der Waals surface area contributed by atoms with Crippen LogP contribution in [0.5, 0.6) is 0 Å². The topological polar surface area (TPSA) is 15.3 Å². The molecule has 1 aliphatic rings. The zero-order chi connectivity index (χ0) is 9.10. The van der Waals surface area contributed by atoms with Gasteiger partial charge < -0.3 is 5.32 Å². The molecule has 1 atom stereocenters. The van der Waals surface area contributed by atoms with Crippen molar-refractivity contribution in [2.45, 2.75) is 19.5 Å². The molecule has 2 heteroatoms. The maximum Gasteiger partial charge on any atom is 0.0486 e. The third-order valence-electron chi connectivity index (χ3n) is 2.44. The number of nitrogens with zero attached hydrogens (tertiary/aromatic N) is 1. The van der Waals surface area contributed by atoms with Crippen LogP contribution in [0.3, 0.4) is 0 Å². The molecule has 0 spiro atoms. The Bertz CT molecular complexity index is 258. The van der Waals surface area contributed by atoms with Gasteiger partial charge in [0.15, 0.2) is 0 Å². The summed E-state index contributed by atoms with van der Waals surface area (Å²) in [6.07, 6.45) is 0. The van der Waals surface area contributed by atoms with Crippen LogP contribution in [0.15, 0.2) is 30.3 Å². The highest BCUT2D eigenvalue weighted by molar-refractivity contribution is 5.14. The van der Waals surface area contributed by atoms with E-state index in [1.54, 1.807) is 0 Å². The Hall–Kier alpha value is -0.860. The molecule has 1 aromatic carbocycles. The van der Waals surface area contributed by atoms with Gasteiger partial charge in [0.25, 0.3) is 0 Å². The van der Waals surface area contributed by atoms with Crippen LogP contribution >= 0.6 is 0 Å². The molecule has 70 valence electrons. The third-order valence-corrected chi connectivity index (χ3v) is 2.44. The molecule has 0 saturated carbocycles. The first kappa shape index (κ1) is 8.73. The summed E-state index contributed by atoms with van der Waals surface area (Å²) in [5, 5.41) is 3.42. The van der Waals surface area contributed by atoms with Crippen LogP contribution in [0.25, 0.3) is 0 Å². The summed E-state index contributed by atoms with van der Waals surface area (Å²) < 4.78 is 0. The van der Waals surface area contributed by atoms with Gasteiger partial charge in [0.2, 0.25) is 0 Å². The average Bonchev–Trinajstić information content (AvgIpc) is 2.53. The zero-order valence-corrected chi connectivity index (χ0v) is 8.03. The Morgan fingerprint density at radius 2 is 2.15 bits per heavy atom. The van der Waals surface area contributed by atoms with E-state index in [1.165, 1.54) is 5.56 Å². The van der Waals surface area contributed by atoms with E-state index < -0.39 is 0 Å². The van der Waals surface area contributed by atoms with E-state index in [4.69, 9.17) is 0 Å². The second-order valence-electron chi connectivity index (χ2n) is 3.76. The molecule has 2 nitrogen and oxygen atoms in total. The minimum atomic E-state index is 0.642. The van der Waals surface area contributed by atoms with Gasteiger partial charge in [-0.3, -0.25) is 4.90 Å². The van der Waals surface area contributed by atoms with Crippen LogP contribution < -0.4 is 5.32 Å². The first-order valence-electron chi connectivity index (χ1n) is 4.84. The molecule has 0 aromatic heterocycles. The summed E-state index contributed by atoms with van der Waals surface area (Å²) >= 11 is 0.